The maximum atomic E-state index is 5.80. The van der Waals surface area contributed by atoms with E-state index in [1.165, 1.54) is 0 Å². The summed E-state index contributed by atoms with van der Waals surface area (Å²) in [6.45, 7) is 2.81. The number of aromatic nitrogens is 2. The van der Waals surface area contributed by atoms with E-state index in [1.807, 2.05) is 17.7 Å². The zero-order valence-corrected chi connectivity index (χ0v) is 9.61. The van der Waals surface area contributed by atoms with Crippen LogP contribution in [0.5, 0.6) is 11.8 Å². The van der Waals surface area contributed by atoms with Crippen LogP contribution in [0.1, 0.15) is 6.92 Å². The van der Waals surface area contributed by atoms with Crippen LogP contribution in [0.4, 0.5) is 5.69 Å². The lowest BCUT2D eigenvalue weighted by molar-refractivity contribution is 0.417. The predicted molar refractivity (Wildman–Crippen MR) is 63.8 cm³/mol. The normalized spacial score (nSPS) is 10.4. The third-order valence-electron chi connectivity index (χ3n) is 2.19. The van der Waals surface area contributed by atoms with E-state index < -0.39 is 0 Å². The number of benzene rings is 1. The first-order valence-electron chi connectivity index (χ1n) is 4.94. The standard InChI is InChI=1S/C11H12ClN3O/c1-2-15-6-5-14-11(15)16-10-4-3-8(12)7-9(10)13/h3-7H,2,13H2,1H3. The minimum Gasteiger partial charge on any atom is -0.423 e. The molecule has 0 unspecified atom stereocenters. The van der Waals surface area contributed by atoms with Crippen molar-refractivity contribution < 1.29 is 4.74 Å². The van der Waals surface area contributed by atoms with Crippen molar-refractivity contribution in [3.63, 3.8) is 0 Å². The van der Waals surface area contributed by atoms with Crippen molar-refractivity contribution in [1.82, 2.24) is 9.55 Å². The lowest BCUT2D eigenvalue weighted by Crippen LogP contribution is -1.99. The van der Waals surface area contributed by atoms with Gasteiger partial charge in [0, 0.05) is 24.0 Å². The van der Waals surface area contributed by atoms with Crippen LogP contribution >= 0.6 is 11.6 Å². The topological polar surface area (TPSA) is 53.1 Å². The summed E-state index contributed by atoms with van der Waals surface area (Å²) in [5.41, 5.74) is 6.28. The highest BCUT2D eigenvalue weighted by atomic mass is 35.5. The number of hydrogen-bond donors (Lipinski definition) is 1. The van der Waals surface area contributed by atoms with Gasteiger partial charge in [-0.1, -0.05) is 11.6 Å². The highest BCUT2D eigenvalue weighted by Gasteiger charge is 2.07. The summed E-state index contributed by atoms with van der Waals surface area (Å²) in [5, 5.41) is 0.587. The molecule has 0 radical (unpaired) electrons. The van der Waals surface area contributed by atoms with Gasteiger partial charge in [-0.25, -0.2) is 4.98 Å². The Morgan fingerprint density at radius 3 is 3.00 bits per heavy atom. The average molecular weight is 238 g/mol. The molecule has 0 amide bonds. The molecule has 5 heteroatoms. The molecule has 4 nitrogen and oxygen atoms in total. The van der Waals surface area contributed by atoms with E-state index in [1.54, 1.807) is 24.4 Å². The highest BCUT2D eigenvalue weighted by molar-refractivity contribution is 6.30. The molecule has 2 N–H and O–H groups in total. The van der Waals surface area contributed by atoms with Crippen molar-refractivity contribution in [2.75, 3.05) is 5.73 Å². The molecular weight excluding hydrogens is 226 g/mol. The van der Waals surface area contributed by atoms with Crippen LogP contribution in [0.25, 0.3) is 0 Å². The number of hydrogen-bond acceptors (Lipinski definition) is 3. The van der Waals surface area contributed by atoms with Crippen LogP contribution in [0.2, 0.25) is 5.02 Å². The van der Waals surface area contributed by atoms with Gasteiger partial charge >= 0.3 is 6.01 Å². The first-order chi connectivity index (χ1) is 7.70. The zero-order chi connectivity index (χ0) is 11.5. The number of anilines is 1. The van der Waals surface area contributed by atoms with Crippen LogP contribution in [-0.2, 0) is 6.54 Å². The van der Waals surface area contributed by atoms with Crippen LogP contribution in [0.3, 0.4) is 0 Å². The first-order valence-corrected chi connectivity index (χ1v) is 5.32. The number of nitrogen functional groups attached to an aromatic ring is 1. The SMILES string of the molecule is CCn1ccnc1Oc1ccc(Cl)cc1N. The fourth-order valence-electron chi connectivity index (χ4n) is 1.35. The summed E-state index contributed by atoms with van der Waals surface area (Å²) in [5.74, 6) is 0.560. The van der Waals surface area contributed by atoms with Gasteiger partial charge in [-0.2, -0.15) is 0 Å². The molecule has 2 aromatic rings. The van der Waals surface area contributed by atoms with E-state index >= 15 is 0 Å². The third kappa shape index (κ3) is 2.12. The van der Waals surface area contributed by atoms with Crippen molar-refractivity contribution in [3.05, 3.63) is 35.6 Å². The van der Waals surface area contributed by atoms with Crippen LogP contribution < -0.4 is 10.5 Å². The molecule has 1 aromatic carbocycles. The lowest BCUT2D eigenvalue weighted by atomic mass is 10.3. The molecule has 0 atom stereocenters. The number of halogens is 1. The van der Waals surface area contributed by atoms with Gasteiger partial charge in [-0.15, -0.1) is 0 Å². The Bertz CT molecular complexity index is 496. The van der Waals surface area contributed by atoms with Gasteiger partial charge < -0.3 is 15.0 Å². The highest BCUT2D eigenvalue weighted by Crippen LogP contribution is 2.28. The van der Waals surface area contributed by atoms with E-state index in [4.69, 9.17) is 22.1 Å². The largest absolute Gasteiger partial charge is 0.423 e. The molecular formula is C11H12ClN3O. The molecule has 1 heterocycles. The number of nitrogens with two attached hydrogens (primary N) is 1. The molecule has 0 spiro atoms. The lowest BCUT2D eigenvalue weighted by Gasteiger charge is -2.08. The summed E-state index contributed by atoms with van der Waals surface area (Å²) < 4.78 is 7.48. The molecule has 0 saturated heterocycles. The van der Waals surface area contributed by atoms with Crippen molar-refractivity contribution in [1.29, 1.82) is 0 Å². The van der Waals surface area contributed by atoms with E-state index in [9.17, 15) is 0 Å². The summed E-state index contributed by atoms with van der Waals surface area (Å²) in [6, 6.07) is 5.63. The average Bonchev–Trinajstić information content (AvgIpc) is 2.69. The Hall–Kier alpha value is -1.68. The Labute approximate surface area is 98.6 Å². The van der Waals surface area contributed by atoms with Gasteiger partial charge in [0.15, 0.2) is 5.75 Å². The minimum absolute atomic E-state index is 0.498. The molecule has 0 saturated carbocycles. The molecule has 0 aliphatic heterocycles. The van der Waals surface area contributed by atoms with Crippen molar-refractivity contribution in [2.24, 2.45) is 0 Å². The quantitative estimate of drug-likeness (QED) is 0.835. The first kappa shape index (κ1) is 10.8. The van der Waals surface area contributed by atoms with E-state index in [2.05, 4.69) is 4.98 Å². The number of nitrogens with zero attached hydrogens (tertiary/aromatic N) is 2. The van der Waals surface area contributed by atoms with Crippen LogP contribution in [0.15, 0.2) is 30.6 Å². The molecule has 0 aliphatic rings. The van der Waals surface area contributed by atoms with E-state index in [-0.39, 0.29) is 0 Å². The van der Waals surface area contributed by atoms with Crippen molar-refractivity contribution >= 4 is 17.3 Å². The Kier molecular flexibility index (Phi) is 3.01. The summed E-state index contributed by atoms with van der Waals surface area (Å²) in [4.78, 5) is 4.10. The van der Waals surface area contributed by atoms with Gasteiger partial charge in [0.25, 0.3) is 0 Å². The molecule has 1 aromatic heterocycles. The number of imidazole rings is 1. The molecule has 2 rings (SSSR count). The van der Waals surface area contributed by atoms with Crippen molar-refractivity contribution in [3.8, 4) is 11.8 Å². The van der Waals surface area contributed by atoms with E-state index in [0.717, 1.165) is 6.54 Å². The molecule has 84 valence electrons. The number of aryl methyl sites for hydroxylation is 1. The zero-order valence-electron chi connectivity index (χ0n) is 8.85. The van der Waals surface area contributed by atoms with Gasteiger partial charge in [0.05, 0.1) is 5.69 Å². The van der Waals surface area contributed by atoms with Gasteiger partial charge in [-0.3, -0.25) is 0 Å². The summed E-state index contributed by atoms with van der Waals surface area (Å²) in [7, 11) is 0. The second kappa shape index (κ2) is 4.45. The van der Waals surface area contributed by atoms with Gasteiger partial charge in [-0.05, 0) is 25.1 Å². The Morgan fingerprint density at radius 2 is 2.31 bits per heavy atom. The second-order valence-electron chi connectivity index (χ2n) is 3.28. The smallest absolute Gasteiger partial charge is 0.301 e. The maximum absolute atomic E-state index is 5.80. The van der Waals surface area contributed by atoms with Crippen LogP contribution in [-0.4, -0.2) is 9.55 Å². The minimum atomic E-state index is 0.498. The molecule has 0 fully saturated rings. The predicted octanol–water partition coefficient (Wildman–Crippen LogP) is 2.93. The second-order valence-corrected chi connectivity index (χ2v) is 3.72. The number of ether oxygens (including phenoxy) is 1. The third-order valence-corrected chi connectivity index (χ3v) is 2.43. The molecule has 0 aliphatic carbocycles. The Morgan fingerprint density at radius 1 is 1.50 bits per heavy atom. The summed E-state index contributed by atoms with van der Waals surface area (Å²) >= 11 is 5.80. The Balaban J connectivity index is 2.27. The fraction of sp³-hybridized carbons (Fsp3) is 0.182. The maximum Gasteiger partial charge on any atom is 0.301 e. The molecule has 0 bridgehead atoms. The summed E-state index contributed by atoms with van der Waals surface area (Å²) in [6.07, 6.45) is 3.53. The number of rotatable bonds is 3. The van der Waals surface area contributed by atoms with Crippen LogP contribution in [0, 0.1) is 0 Å². The van der Waals surface area contributed by atoms with Gasteiger partial charge in [0.2, 0.25) is 0 Å². The monoisotopic (exact) mass is 237 g/mol. The fourth-order valence-corrected chi connectivity index (χ4v) is 1.53. The molecule has 16 heavy (non-hydrogen) atoms. The van der Waals surface area contributed by atoms with E-state index in [0.29, 0.717) is 22.5 Å². The van der Waals surface area contributed by atoms with Crippen molar-refractivity contribution in [2.45, 2.75) is 13.5 Å². The van der Waals surface area contributed by atoms with Gasteiger partial charge in [0.1, 0.15) is 0 Å².